The lowest BCUT2D eigenvalue weighted by molar-refractivity contribution is 0.170. The maximum atomic E-state index is 5.62. The summed E-state index contributed by atoms with van der Waals surface area (Å²) in [6.45, 7) is 6.05. The number of rotatable bonds is 5. The van der Waals surface area contributed by atoms with Gasteiger partial charge in [-0.05, 0) is 31.7 Å². The highest BCUT2D eigenvalue weighted by Crippen LogP contribution is 2.31. The van der Waals surface area contributed by atoms with Gasteiger partial charge < -0.3 is 14.0 Å². The second-order valence-corrected chi connectivity index (χ2v) is 5.47. The molecule has 118 valence electrons. The van der Waals surface area contributed by atoms with Crippen molar-refractivity contribution < 1.29 is 14.0 Å². The summed E-state index contributed by atoms with van der Waals surface area (Å²) < 4.78 is 16.5. The van der Waals surface area contributed by atoms with E-state index in [1.165, 1.54) is 0 Å². The Morgan fingerprint density at radius 1 is 1.23 bits per heavy atom. The van der Waals surface area contributed by atoms with Gasteiger partial charge in [0.25, 0.3) is 0 Å². The molecule has 0 aliphatic carbocycles. The van der Waals surface area contributed by atoms with E-state index in [4.69, 9.17) is 14.0 Å². The second kappa shape index (κ2) is 6.36. The van der Waals surface area contributed by atoms with Gasteiger partial charge in [0.05, 0.1) is 6.04 Å². The van der Waals surface area contributed by atoms with E-state index < -0.39 is 0 Å². The molecular formula is C16H21N3O3. The summed E-state index contributed by atoms with van der Waals surface area (Å²) in [5.74, 6) is 3.03. The number of fused-ring (bicyclic) bond motifs is 1. The lowest BCUT2D eigenvalue weighted by Gasteiger charge is -2.23. The van der Waals surface area contributed by atoms with Gasteiger partial charge in [0.2, 0.25) is 5.89 Å². The molecule has 1 atom stereocenters. The molecule has 2 heterocycles. The highest BCUT2D eigenvalue weighted by molar-refractivity contribution is 5.43. The molecule has 0 spiro atoms. The average Bonchev–Trinajstić information content (AvgIpc) is 3.03. The van der Waals surface area contributed by atoms with Gasteiger partial charge >= 0.3 is 0 Å². The third-order valence-electron chi connectivity index (χ3n) is 3.86. The molecule has 3 rings (SSSR count). The normalized spacial score (nSPS) is 15.1. The molecule has 0 bridgehead atoms. The van der Waals surface area contributed by atoms with Gasteiger partial charge in [0, 0.05) is 13.0 Å². The Kier molecular flexibility index (Phi) is 4.29. The second-order valence-electron chi connectivity index (χ2n) is 5.47. The lowest BCUT2D eigenvalue weighted by atomic mass is 10.1. The number of aryl methyl sites for hydroxylation is 1. The van der Waals surface area contributed by atoms with Crippen LogP contribution in [0.4, 0.5) is 0 Å². The Bertz CT molecular complexity index is 641. The van der Waals surface area contributed by atoms with Crippen molar-refractivity contribution in [2.75, 3.05) is 20.3 Å². The molecule has 0 fully saturated rings. The predicted molar refractivity (Wildman–Crippen MR) is 81.0 cm³/mol. The van der Waals surface area contributed by atoms with Crippen LogP contribution in [0.15, 0.2) is 22.7 Å². The maximum absolute atomic E-state index is 5.62. The van der Waals surface area contributed by atoms with Gasteiger partial charge in [-0.15, -0.1) is 0 Å². The largest absolute Gasteiger partial charge is 0.486 e. The van der Waals surface area contributed by atoms with Crippen molar-refractivity contribution >= 4 is 0 Å². The van der Waals surface area contributed by atoms with Crippen molar-refractivity contribution in [2.24, 2.45) is 0 Å². The van der Waals surface area contributed by atoms with Crippen LogP contribution in [-0.4, -0.2) is 35.3 Å². The summed E-state index contributed by atoms with van der Waals surface area (Å²) >= 11 is 0. The summed E-state index contributed by atoms with van der Waals surface area (Å²) in [5.41, 5.74) is 1.16. The highest BCUT2D eigenvalue weighted by Gasteiger charge is 2.19. The first-order chi connectivity index (χ1) is 10.7. The van der Waals surface area contributed by atoms with Crippen LogP contribution in [0, 0.1) is 0 Å². The number of hydrogen-bond donors (Lipinski definition) is 0. The smallest absolute Gasteiger partial charge is 0.243 e. The quantitative estimate of drug-likeness (QED) is 0.846. The molecule has 0 radical (unpaired) electrons. The minimum atomic E-state index is 0.0565. The SMILES string of the molecule is CCc1noc([C@H](C)N(C)Cc2ccc3c(c2)OCCO3)n1. The molecule has 2 aromatic rings. The topological polar surface area (TPSA) is 60.6 Å². The molecule has 0 saturated heterocycles. The van der Waals surface area contributed by atoms with E-state index in [1.807, 2.05) is 26.1 Å². The highest BCUT2D eigenvalue weighted by atomic mass is 16.6. The van der Waals surface area contributed by atoms with Gasteiger partial charge in [-0.1, -0.05) is 18.1 Å². The van der Waals surface area contributed by atoms with Crippen molar-refractivity contribution in [3.8, 4) is 11.5 Å². The van der Waals surface area contributed by atoms with Crippen molar-refractivity contribution in [1.82, 2.24) is 15.0 Å². The van der Waals surface area contributed by atoms with E-state index in [0.29, 0.717) is 19.1 Å². The van der Waals surface area contributed by atoms with E-state index in [9.17, 15) is 0 Å². The van der Waals surface area contributed by atoms with E-state index in [1.54, 1.807) is 0 Å². The fourth-order valence-electron chi connectivity index (χ4n) is 2.38. The molecule has 1 aliphatic rings. The van der Waals surface area contributed by atoms with Crippen molar-refractivity contribution in [3.05, 3.63) is 35.5 Å². The van der Waals surface area contributed by atoms with E-state index in [-0.39, 0.29) is 6.04 Å². The molecule has 6 nitrogen and oxygen atoms in total. The van der Waals surface area contributed by atoms with Crippen molar-refractivity contribution in [1.29, 1.82) is 0 Å². The van der Waals surface area contributed by atoms with Crippen molar-refractivity contribution in [3.63, 3.8) is 0 Å². The standard InChI is InChI=1S/C16H21N3O3/c1-4-15-17-16(22-18-15)11(2)19(3)10-12-5-6-13-14(9-12)21-8-7-20-13/h5-6,9,11H,4,7-8,10H2,1-3H3/t11-/m0/s1. The molecule has 1 aliphatic heterocycles. The van der Waals surface area contributed by atoms with Gasteiger partial charge in [0.15, 0.2) is 17.3 Å². The molecule has 0 amide bonds. The molecular weight excluding hydrogens is 282 g/mol. The zero-order chi connectivity index (χ0) is 15.5. The number of benzene rings is 1. The first kappa shape index (κ1) is 14.8. The maximum Gasteiger partial charge on any atom is 0.243 e. The minimum Gasteiger partial charge on any atom is -0.486 e. The van der Waals surface area contributed by atoms with Crippen LogP contribution in [0.1, 0.15) is 37.2 Å². The van der Waals surface area contributed by atoms with Crippen molar-refractivity contribution in [2.45, 2.75) is 32.9 Å². The summed E-state index contributed by atoms with van der Waals surface area (Å²) in [7, 11) is 2.04. The summed E-state index contributed by atoms with van der Waals surface area (Å²) in [6.07, 6.45) is 0.780. The zero-order valence-electron chi connectivity index (χ0n) is 13.2. The van der Waals surface area contributed by atoms with E-state index in [2.05, 4.69) is 28.0 Å². The fourth-order valence-corrected chi connectivity index (χ4v) is 2.38. The molecule has 0 saturated carbocycles. The number of aromatic nitrogens is 2. The van der Waals surface area contributed by atoms with Crippen LogP contribution in [0.25, 0.3) is 0 Å². The Hall–Kier alpha value is -2.08. The average molecular weight is 303 g/mol. The predicted octanol–water partition coefficient (Wildman–Crippen LogP) is 2.60. The molecule has 22 heavy (non-hydrogen) atoms. The zero-order valence-corrected chi connectivity index (χ0v) is 13.2. The van der Waals surface area contributed by atoms with E-state index in [0.717, 1.165) is 35.9 Å². The Balaban J connectivity index is 1.69. The third kappa shape index (κ3) is 3.06. The summed E-state index contributed by atoms with van der Waals surface area (Å²) in [4.78, 5) is 6.56. The fraction of sp³-hybridized carbons (Fsp3) is 0.500. The number of hydrogen-bond acceptors (Lipinski definition) is 6. The molecule has 0 N–H and O–H groups in total. The van der Waals surface area contributed by atoms with Crippen LogP contribution in [0.2, 0.25) is 0 Å². The van der Waals surface area contributed by atoms with Crippen LogP contribution in [0.5, 0.6) is 11.5 Å². The minimum absolute atomic E-state index is 0.0565. The Morgan fingerprint density at radius 3 is 2.73 bits per heavy atom. The van der Waals surface area contributed by atoms with Crippen LogP contribution in [-0.2, 0) is 13.0 Å². The first-order valence-corrected chi connectivity index (χ1v) is 7.58. The van der Waals surface area contributed by atoms with Gasteiger partial charge in [-0.2, -0.15) is 4.98 Å². The van der Waals surface area contributed by atoms with E-state index >= 15 is 0 Å². The molecule has 6 heteroatoms. The third-order valence-corrected chi connectivity index (χ3v) is 3.86. The lowest BCUT2D eigenvalue weighted by Crippen LogP contribution is -2.22. The number of ether oxygens (including phenoxy) is 2. The Labute approximate surface area is 130 Å². The monoisotopic (exact) mass is 303 g/mol. The van der Waals surface area contributed by atoms with Gasteiger partial charge in [-0.3, -0.25) is 4.90 Å². The van der Waals surface area contributed by atoms with Crippen LogP contribution < -0.4 is 9.47 Å². The number of nitrogens with zero attached hydrogens (tertiary/aromatic N) is 3. The molecule has 0 unspecified atom stereocenters. The summed E-state index contributed by atoms with van der Waals surface area (Å²) in [6, 6.07) is 6.11. The molecule has 1 aromatic carbocycles. The molecule has 1 aromatic heterocycles. The van der Waals surface area contributed by atoms with Gasteiger partial charge in [-0.25, -0.2) is 0 Å². The van der Waals surface area contributed by atoms with Gasteiger partial charge in [0.1, 0.15) is 13.2 Å². The first-order valence-electron chi connectivity index (χ1n) is 7.58. The summed E-state index contributed by atoms with van der Waals surface area (Å²) in [5, 5.41) is 3.95. The van der Waals surface area contributed by atoms with Crippen LogP contribution >= 0.6 is 0 Å². The van der Waals surface area contributed by atoms with Crippen LogP contribution in [0.3, 0.4) is 0 Å². The Morgan fingerprint density at radius 2 is 2.00 bits per heavy atom.